The highest BCUT2D eigenvalue weighted by atomic mass is 32.2. The summed E-state index contributed by atoms with van der Waals surface area (Å²) in [6.45, 7) is 2.61. The molecule has 2 aromatic carbocycles. The molecule has 9 heteroatoms. The van der Waals surface area contributed by atoms with Gasteiger partial charge in [-0.15, -0.1) is 0 Å². The van der Waals surface area contributed by atoms with Crippen LogP contribution in [0.4, 0.5) is 0 Å². The average Bonchev–Trinajstić information content (AvgIpc) is 2.76. The largest absolute Gasteiger partial charge is 0.495 e. The van der Waals surface area contributed by atoms with Crippen LogP contribution in [0.3, 0.4) is 0 Å². The molecule has 0 aromatic heterocycles. The number of methoxy groups -OCH3 is 1. The fourth-order valence-electron chi connectivity index (χ4n) is 2.95. The van der Waals surface area contributed by atoms with Gasteiger partial charge in [0.05, 0.1) is 7.11 Å². The van der Waals surface area contributed by atoms with Gasteiger partial charge in [0.15, 0.2) is 0 Å². The van der Waals surface area contributed by atoms with E-state index in [1.165, 1.54) is 38.2 Å². The molecule has 0 heterocycles. The van der Waals surface area contributed by atoms with Crippen LogP contribution in [0.5, 0.6) is 5.75 Å². The maximum Gasteiger partial charge on any atom is 0.254 e. The van der Waals surface area contributed by atoms with Gasteiger partial charge in [-0.25, -0.2) is 12.7 Å². The predicted molar refractivity (Wildman–Crippen MR) is 119 cm³/mol. The molecule has 0 aliphatic rings. The molecule has 0 aliphatic heterocycles. The second-order valence-electron chi connectivity index (χ2n) is 7.37. The first-order valence-electron chi connectivity index (χ1n) is 9.73. The van der Waals surface area contributed by atoms with Gasteiger partial charge >= 0.3 is 0 Å². The number of carbonyl (C=O) groups is 2. The summed E-state index contributed by atoms with van der Waals surface area (Å²) in [4.78, 5) is 28.2. The highest BCUT2D eigenvalue weighted by Gasteiger charge is 2.25. The van der Waals surface area contributed by atoms with Crippen LogP contribution >= 0.6 is 0 Å². The molecule has 0 fully saturated rings. The Hall–Kier alpha value is -2.91. The third kappa shape index (κ3) is 5.42. The summed E-state index contributed by atoms with van der Waals surface area (Å²) >= 11 is 0. The zero-order valence-electron chi connectivity index (χ0n) is 18.7. The molecular weight excluding hydrogens is 418 g/mol. The molecule has 0 radical (unpaired) electrons. The summed E-state index contributed by atoms with van der Waals surface area (Å²) in [5, 5.41) is 0. The normalized spacial score (nSPS) is 11.3. The molecule has 0 bridgehead atoms. The number of hydrogen-bond donors (Lipinski definition) is 0. The molecule has 0 saturated carbocycles. The highest BCUT2D eigenvalue weighted by molar-refractivity contribution is 7.89. The molecule has 0 spiro atoms. The van der Waals surface area contributed by atoms with Crippen molar-refractivity contribution < 1.29 is 22.7 Å². The Morgan fingerprint density at radius 1 is 0.903 bits per heavy atom. The lowest BCUT2D eigenvalue weighted by atomic mass is 10.1. The van der Waals surface area contributed by atoms with Gasteiger partial charge in [0.1, 0.15) is 10.6 Å². The van der Waals surface area contributed by atoms with E-state index >= 15 is 0 Å². The first kappa shape index (κ1) is 24.4. The molecule has 0 saturated heterocycles. The first-order valence-corrected chi connectivity index (χ1v) is 11.2. The zero-order valence-corrected chi connectivity index (χ0v) is 19.6. The fourth-order valence-corrected chi connectivity index (χ4v) is 4.02. The minimum absolute atomic E-state index is 0.0616. The maximum absolute atomic E-state index is 13.1. The SMILES string of the molecule is CCN(Cc1ccc(C(=O)N(C)C)cc1)C(=O)c1ccc(OC)c(S(=O)(=O)N(C)C)c1. The van der Waals surface area contributed by atoms with E-state index in [1.54, 1.807) is 37.2 Å². The van der Waals surface area contributed by atoms with Gasteiger partial charge in [-0.2, -0.15) is 0 Å². The van der Waals surface area contributed by atoms with Gasteiger partial charge < -0.3 is 14.5 Å². The van der Waals surface area contributed by atoms with Crippen LogP contribution in [0.25, 0.3) is 0 Å². The quantitative estimate of drug-likeness (QED) is 0.620. The number of rotatable bonds is 8. The summed E-state index contributed by atoms with van der Waals surface area (Å²) in [6, 6.07) is 11.5. The third-order valence-corrected chi connectivity index (χ3v) is 6.65. The van der Waals surface area contributed by atoms with Gasteiger partial charge in [-0.1, -0.05) is 12.1 Å². The molecular formula is C22H29N3O5S. The Morgan fingerprint density at radius 2 is 1.48 bits per heavy atom. The third-order valence-electron chi connectivity index (χ3n) is 4.82. The lowest BCUT2D eigenvalue weighted by molar-refractivity contribution is 0.0751. The van der Waals surface area contributed by atoms with Crippen molar-refractivity contribution in [3.8, 4) is 5.75 Å². The fraction of sp³-hybridized carbons (Fsp3) is 0.364. The maximum atomic E-state index is 13.1. The number of hydrogen-bond acceptors (Lipinski definition) is 5. The second-order valence-corrected chi connectivity index (χ2v) is 9.49. The minimum Gasteiger partial charge on any atom is -0.495 e. The molecule has 0 aliphatic carbocycles. The minimum atomic E-state index is -3.79. The Labute approximate surface area is 184 Å². The van der Waals surface area contributed by atoms with Crippen LogP contribution in [0.15, 0.2) is 47.4 Å². The topological polar surface area (TPSA) is 87.2 Å². The molecule has 2 aromatic rings. The summed E-state index contributed by atoms with van der Waals surface area (Å²) in [5.74, 6) is -0.217. The summed E-state index contributed by atoms with van der Waals surface area (Å²) in [6.07, 6.45) is 0. The standard InChI is InChI=1S/C22H29N3O5S/c1-7-25(15-16-8-10-17(11-9-16)21(26)23(2)3)22(27)18-12-13-19(30-6)20(14-18)31(28,29)24(4)5/h8-14H,7,15H2,1-6H3. The van der Waals surface area contributed by atoms with E-state index in [0.717, 1.165) is 9.87 Å². The van der Waals surface area contributed by atoms with Gasteiger partial charge in [-0.3, -0.25) is 9.59 Å². The Balaban J connectivity index is 2.31. The molecule has 0 unspecified atom stereocenters. The van der Waals surface area contributed by atoms with Gasteiger partial charge in [0, 0.05) is 52.4 Å². The lowest BCUT2D eigenvalue weighted by Crippen LogP contribution is -2.31. The Bertz CT molecular complexity index is 1050. The number of ether oxygens (including phenoxy) is 1. The molecule has 31 heavy (non-hydrogen) atoms. The van der Waals surface area contributed by atoms with Crippen LogP contribution in [-0.4, -0.2) is 76.2 Å². The van der Waals surface area contributed by atoms with E-state index in [0.29, 0.717) is 18.7 Å². The smallest absolute Gasteiger partial charge is 0.254 e. The van der Waals surface area contributed by atoms with Crippen molar-refractivity contribution in [2.75, 3.05) is 41.8 Å². The van der Waals surface area contributed by atoms with Gasteiger partial charge in [0.2, 0.25) is 10.0 Å². The van der Waals surface area contributed by atoms with Crippen LogP contribution in [0.1, 0.15) is 33.2 Å². The average molecular weight is 448 g/mol. The highest BCUT2D eigenvalue weighted by Crippen LogP contribution is 2.27. The molecule has 2 rings (SSSR count). The lowest BCUT2D eigenvalue weighted by Gasteiger charge is -2.22. The van der Waals surface area contributed by atoms with Crippen molar-refractivity contribution in [2.45, 2.75) is 18.4 Å². The van der Waals surface area contributed by atoms with E-state index < -0.39 is 10.0 Å². The van der Waals surface area contributed by atoms with Crippen molar-refractivity contribution >= 4 is 21.8 Å². The molecule has 168 valence electrons. The summed E-state index contributed by atoms with van der Waals surface area (Å²) < 4.78 is 31.5. The van der Waals surface area contributed by atoms with E-state index in [9.17, 15) is 18.0 Å². The monoisotopic (exact) mass is 447 g/mol. The molecule has 2 amide bonds. The molecule has 0 N–H and O–H groups in total. The second kappa shape index (κ2) is 9.93. The van der Waals surface area contributed by atoms with Crippen molar-refractivity contribution in [1.29, 1.82) is 0 Å². The van der Waals surface area contributed by atoms with E-state index in [2.05, 4.69) is 0 Å². The van der Waals surface area contributed by atoms with Crippen LogP contribution in [0.2, 0.25) is 0 Å². The Morgan fingerprint density at radius 3 is 1.97 bits per heavy atom. The van der Waals surface area contributed by atoms with Crippen LogP contribution in [0, 0.1) is 0 Å². The molecule has 0 atom stereocenters. The number of nitrogens with zero attached hydrogens (tertiary/aromatic N) is 3. The van der Waals surface area contributed by atoms with Crippen molar-refractivity contribution in [1.82, 2.24) is 14.1 Å². The predicted octanol–water partition coefficient (Wildman–Crippen LogP) is 2.31. The van der Waals surface area contributed by atoms with Crippen molar-refractivity contribution in [2.24, 2.45) is 0 Å². The first-order chi connectivity index (χ1) is 14.5. The van der Waals surface area contributed by atoms with Crippen molar-refractivity contribution in [3.63, 3.8) is 0 Å². The number of benzene rings is 2. The number of sulfonamides is 1. The zero-order chi connectivity index (χ0) is 23.3. The summed E-state index contributed by atoms with van der Waals surface area (Å²) in [5.41, 5.74) is 1.68. The Kier molecular flexibility index (Phi) is 7.80. The van der Waals surface area contributed by atoms with E-state index in [1.807, 2.05) is 19.1 Å². The molecule has 8 nitrogen and oxygen atoms in total. The number of carbonyl (C=O) groups excluding carboxylic acids is 2. The van der Waals surface area contributed by atoms with Gasteiger partial charge in [0.25, 0.3) is 11.8 Å². The van der Waals surface area contributed by atoms with Crippen LogP contribution < -0.4 is 4.74 Å². The number of amides is 2. The van der Waals surface area contributed by atoms with Crippen LogP contribution in [-0.2, 0) is 16.6 Å². The van der Waals surface area contributed by atoms with Gasteiger partial charge in [-0.05, 0) is 42.8 Å². The van der Waals surface area contributed by atoms with E-state index in [-0.39, 0.29) is 28.0 Å². The summed E-state index contributed by atoms with van der Waals surface area (Å²) in [7, 11) is 3.82. The van der Waals surface area contributed by atoms with E-state index in [4.69, 9.17) is 4.74 Å². The van der Waals surface area contributed by atoms with Crippen molar-refractivity contribution in [3.05, 3.63) is 59.2 Å².